The van der Waals surface area contributed by atoms with E-state index in [1.165, 1.54) is 0 Å². The molecule has 0 aromatic carbocycles. The minimum atomic E-state index is -0.448. The molecule has 0 atom stereocenters. The molecule has 0 saturated carbocycles. The van der Waals surface area contributed by atoms with Gasteiger partial charge in [0, 0.05) is 36.1 Å². The zero-order valence-corrected chi connectivity index (χ0v) is 15.6. The summed E-state index contributed by atoms with van der Waals surface area (Å²) in [6, 6.07) is 0. The van der Waals surface area contributed by atoms with Crippen LogP contribution >= 0.6 is 23.5 Å². The third kappa shape index (κ3) is 10.6. The van der Waals surface area contributed by atoms with E-state index in [9.17, 15) is 4.79 Å². The van der Waals surface area contributed by atoms with Crippen LogP contribution in [0, 0.1) is 0 Å². The van der Waals surface area contributed by atoms with Crippen molar-refractivity contribution >= 4 is 29.6 Å². The van der Waals surface area contributed by atoms with Crippen LogP contribution < -0.4 is 0 Å². The Kier molecular flexibility index (Phi) is 10.4. The van der Waals surface area contributed by atoms with Gasteiger partial charge in [0.05, 0.1) is 26.4 Å². The fourth-order valence-corrected chi connectivity index (χ4v) is 3.31. The molecule has 1 amide bonds. The maximum atomic E-state index is 12.2. The number of hydrogen-bond acceptors (Lipinski definition) is 6. The van der Waals surface area contributed by atoms with Crippen LogP contribution in [0.4, 0.5) is 4.79 Å². The Balaban J connectivity index is 2.43. The second-order valence-corrected chi connectivity index (χ2v) is 8.37. The molecule has 5 nitrogen and oxygen atoms in total. The van der Waals surface area contributed by atoms with Crippen LogP contribution in [0.15, 0.2) is 0 Å². The summed E-state index contributed by atoms with van der Waals surface area (Å²) in [5.41, 5.74) is -0.448. The highest BCUT2D eigenvalue weighted by Gasteiger charge is 2.21. The van der Waals surface area contributed by atoms with E-state index in [1.807, 2.05) is 25.7 Å². The normalized spacial score (nSPS) is 20.8. The molecule has 1 aliphatic heterocycles. The molecule has 1 rings (SSSR count). The predicted molar refractivity (Wildman–Crippen MR) is 94.1 cm³/mol. The number of amides is 1. The quantitative estimate of drug-likeness (QED) is 0.669. The Bertz CT molecular complexity index is 294. The summed E-state index contributed by atoms with van der Waals surface area (Å²) in [7, 11) is 0. The van der Waals surface area contributed by atoms with Crippen LogP contribution in [0.3, 0.4) is 0 Å². The molecule has 0 N–H and O–H groups in total. The van der Waals surface area contributed by atoms with Crippen molar-refractivity contribution in [1.29, 1.82) is 0 Å². The number of nitrogens with zero attached hydrogens (tertiary/aromatic N) is 1. The third-order valence-corrected chi connectivity index (χ3v) is 4.63. The molecule has 130 valence electrons. The van der Waals surface area contributed by atoms with Crippen LogP contribution in [0.25, 0.3) is 0 Å². The zero-order valence-electron chi connectivity index (χ0n) is 14.0. The van der Waals surface area contributed by atoms with Gasteiger partial charge in [-0.05, 0) is 20.8 Å². The van der Waals surface area contributed by atoms with Crippen molar-refractivity contribution in [2.45, 2.75) is 26.4 Å². The lowest BCUT2D eigenvalue weighted by Gasteiger charge is -2.27. The maximum Gasteiger partial charge on any atom is 0.410 e. The molecular formula is C15H29NO4S2. The number of carbonyl (C=O) groups excluding carboxylic acids is 1. The van der Waals surface area contributed by atoms with E-state index >= 15 is 0 Å². The summed E-state index contributed by atoms with van der Waals surface area (Å²) in [6.07, 6.45) is -0.217. The Morgan fingerprint density at radius 2 is 1.41 bits per heavy atom. The summed E-state index contributed by atoms with van der Waals surface area (Å²) in [6.45, 7) is 9.92. The van der Waals surface area contributed by atoms with Gasteiger partial charge in [-0.3, -0.25) is 0 Å². The molecule has 0 aromatic rings. The highest BCUT2D eigenvalue weighted by molar-refractivity contribution is 7.99. The van der Waals surface area contributed by atoms with Crippen molar-refractivity contribution in [3.8, 4) is 0 Å². The van der Waals surface area contributed by atoms with E-state index in [4.69, 9.17) is 14.2 Å². The van der Waals surface area contributed by atoms with E-state index in [1.54, 1.807) is 23.5 Å². The standard InChI is InChI=1S/C15H29NO4S2/c1-15(2,3)20-14(17)16-4-10-21-12-8-18-6-7-19-9-13-22-11-5-16/h4-13H2,1-3H3. The summed E-state index contributed by atoms with van der Waals surface area (Å²) in [5, 5.41) is 0. The highest BCUT2D eigenvalue weighted by atomic mass is 32.2. The fourth-order valence-electron chi connectivity index (χ4n) is 1.73. The molecular weight excluding hydrogens is 322 g/mol. The predicted octanol–water partition coefficient (Wildman–Crippen LogP) is 2.74. The summed E-state index contributed by atoms with van der Waals surface area (Å²) in [4.78, 5) is 14.1. The topological polar surface area (TPSA) is 48.0 Å². The van der Waals surface area contributed by atoms with Crippen molar-refractivity contribution < 1.29 is 19.0 Å². The molecule has 22 heavy (non-hydrogen) atoms. The van der Waals surface area contributed by atoms with Crippen LogP contribution in [0.1, 0.15) is 20.8 Å². The number of hydrogen-bond donors (Lipinski definition) is 0. The second-order valence-electron chi connectivity index (χ2n) is 5.92. The number of carbonyl (C=O) groups is 1. The van der Waals surface area contributed by atoms with Gasteiger partial charge < -0.3 is 19.1 Å². The molecule has 0 unspecified atom stereocenters. The van der Waals surface area contributed by atoms with Gasteiger partial charge in [-0.2, -0.15) is 23.5 Å². The van der Waals surface area contributed by atoms with Crippen LogP contribution in [-0.2, 0) is 14.2 Å². The third-order valence-electron chi connectivity index (χ3n) is 2.78. The first kappa shape index (κ1) is 19.9. The van der Waals surface area contributed by atoms with Crippen molar-refractivity contribution in [1.82, 2.24) is 4.90 Å². The van der Waals surface area contributed by atoms with Crippen LogP contribution in [0.5, 0.6) is 0 Å². The zero-order chi connectivity index (χ0) is 16.3. The molecule has 7 heteroatoms. The summed E-state index contributed by atoms with van der Waals surface area (Å²) in [5.74, 6) is 3.70. The average Bonchev–Trinajstić information content (AvgIpc) is 2.43. The van der Waals surface area contributed by atoms with Gasteiger partial charge in [-0.1, -0.05) is 0 Å². The smallest absolute Gasteiger partial charge is 0.410 e. The molecule has 0 radical (unpaired) electrons. The molecule has 1 saturated heterocycles. The Labute approximate surface area is 142 Å². The van der Waals surface area contributed by atoms with E-state index in [2.05, 4.69) is 0 Å². The Morgan fingerprint density at radius 1 is 0.909 bits per heavy atom. The largest absolute Gasteiger partial charge is 0.444 e. The van der Waals surface area contributed by atoms with E-state index in [0.29, 0.717) is 13.2 Å². The lowest BCUT2D eigenvalue weighted by molar-refractivity contribution is 0.0274. The van der Waals surface area contributed by atoms with Crippen molar-refractivity contribution in [2.75, 3.05) is 62.5 Å². The van der Waals surface area contributed by atoms with E-state index in [0.717, 1.165) is 49.3 Å². The van der Waals surface area contributed by atoms with Crippen LogP contribution in [-0.4, -0.2) is 79.1 Å². The first-order chi connectivity index (χ1) is 10.5. The SMILES string of the molecule is CC(C)(C)OC(=O)N1CCSCCOCCOCCSCC1. The van der Waals surface area contributed by atoms with Gasteiger partial charge in [0.2, 0.25) is 0 Å². The van der Waals surface area contributed by atoms with Gasteiger partial charge in [0.1, 0.15) is 5.60 Å². The number of ether oxygens (including phenoxy) is 3. The molecule has 0 bridgehead atoms. The molecule has 1 aliphatic rings. The fraction of sp³-hybridized carbons (Fsp3) is 0.933. The maximum absolute atomic E-state index is 12.2. The van der Waals surface area contributed by atoms with Crippen LogP contribution in [0.2, 0.25) is 0 Å². The van der Waals surface area contributed by atoms with Gasteiger partial charge in [0.25, 0.3) is 0 Å². The molecule has 0 aliphatic carbocycles. The highest BCUT2D eigenvalue weighted by Crippen LogP contribution is 2.12. The molecule has 0 spiro atoms. The molecule has 0 aromatic heterocycles. The summed E-state index contributed by atoms with van der Waals surface area (Å²) < 4.78 is 16.5. The van der Waals surface area contributed by atoms with Gasteiger partial charge in [0.15, 0.2) is 0 Å². The lowest BCUT2D eigenvalue weighted by Crippen LogP contribution is -2.39. The number of rotatable bonds is 0. The van der Waals surface area contributed by atoms with Crippen molar-refractivity contribution in [3.05, 3.63) is 0 Å². The molecule has 1 fully saturated rings. The number of thioether (sulfide) groups is 2. The van der Waals surface area contributed by atoms with Gasteiger partial charge in [-0.25, -0.2) is 4.79 Å². The monoisotopic (exact) mass is 351 g/mol. The van der Waals surface area contributed by atoms with E-state index < -0.39 is 5.60 Å². The van der Waals surface area contributed by atoms with Crippen molar-refractivity contribution in [3.63, 3.8) is 0 Å². The lowest BCUT2D eigenvalue weighted by atomic mass is 10.2. The minimum absolute atomic E-state index is 0.217. The Hall–Kier alpha value is -0.110. The molecule has 1 heterocycles. The van der Waals surface area contributed by atoms with Gasteiger partial charge in [-0.15, -0.1) is 0 Å². The summed E-state index contributed by atoms with van der Waals surface area (Å²) >= 11 is 3.60. The first-order valence-corrected chi connectivity index (χ1v) is 10.1. The minimum Gasteiger partial charge on any atom is -0.444 e. The van der Waals surface area contributed by atoms with E-state index in [-0.39, 0.29) is 6.09 Å². The van der Waals surface area contributed by atoms with Crippen molar-refractivity contribution in [2.24, 2.45) is 0 Å². The van der Waals surface area contributed by atoms with Gasteiger partial charge >= 0.3 is 6.09 Å². The Morgan fingerprint density at radius 3 is 1.86 bits per heavy atom. The average molecular weight is 352 g/mol. The first-order valence-electron chi connectivity index (χ1n) is 7.78. The second kappa shape index (κ2) is 11.4.